The van der Waals surface area contributed by atoms with E-state index in [2.05, 4.69) is 10.2 Å². The molecular formula is C16H26N2O2. The van der Waals surface area contributed by atoms with Crippen LogP contribution in [0, 0.1) is 5.92 Å². The van der Waals surface area contributed by atoms with Crippen LogP contribution >= 0.6 is 0 Å². The van der Waals surface area contributed by atoms with E-state index < -0.39 is 5.60 Å². The SMILES string of the molecule is O=C1N2C(C3CCCCC3)CC[C@H]2OC12CCNCC2. The summed E-state index contributed by atoms with van der Waals surface area (Å²) in [6.07, 6.45) is 10.7. The number of hydrogen-bond donors (Lipinski definition) is 1. The fourth-order valence-electron chi connectivity index (χ4n) is 4.89. The van der Waals surface area contributed by atoms with Crippen LogP contribution in [0.5, 0.6) is 0 Å². The molecule has 0 radical (unpaired) electrons. The number of nitrogens with zero attached hydrogens (tertiary/aromatic N) is 1. The Balaban J connectivity index is 1.54. The third-order valence-electron chi connectivity index (χ3n) is 5.97. The topological polar surface area (TPSA) is 41.6 Å². The van der Waals surface area contributed by atoms with Gasteiger partial charge in [-0.3, -0.25) is 4.79 Å². The average molecular weight is 278 g/mol. The molecule has 112 valence electrons. The predicted molar refractivity (Wildman–Crippen MR) is 76.2 cm³/mol. The fourth-order valence-corrected chi connectivity index (χ4v) is 4.89. The molecular weight excluding hydrogens is 252 g/mol. The predicted octanol–water partition coefficient (Wildman–Crippen LogP) is 2.04. The molecule has 1 N–H and O–H groups in total. The number of fused-ring (bicyclic) bond motifs is 1. The molecule has 3 aliphatic heterocycles. The number of nitrogens with one attached hydrogen (secondary N) is 1. The van der Waals surface area contributed by atoms with Gasteiger partial charge in [-0.15, -0.1) is 0 Å². The van der Waals surface area contributed by atoms with Crippen LogP contribution in [0.4, 0.5) is 0 Å². The maximum Gasteiger partial charge on any atom is 0.257 e. The van der Waals surface area contributed by atoms with Gasteiger partial charge in [0.25, 0.3) is 5.91 Å². The van der Waals surface area contributed by atoms with Gasteiger partial charge in [-0.1, -0.05) is 19.3 Å². The maximum absolute atomic E-state index is 13.0. The largest absolute Gasteiger partial charge is 0.342 e. The van der Waals surface area contributed by atoms with E-state index in [9.17, 15) is 4.79 Å². The number of carbonyl (C=O) groups excluding carboxylic acids is 1. The van der Waals surface area contributed by atoms with Gasteiger partial charge < -0.3 is 15.0 Å². The quantitative estimate of drug-likeness (QED) is 0.798. The Labute approximate surface area is 121 Å². The lowest BCUT2D eigenvalue weighted by molar-refractivity contribution is -0.141. The molecule has 1 saturated carbocycles. The summed E-state index contributed by atoms with van der Waals surface area (Å²) < 4.78 is 6.28. The monoisotopic (exact) mass is 278 g/mol. The molecule has 0 aromatic heterocycles. The van der Waals surface area contributed by atoms with Gasteiger partial charge in [0, 0.05) is 6.04 Å². The standard InChI is InChI=1S/C16H26N2O2/c19-15-16(8-10-17-11-9-16)20-14-7-6-13(18(14)15)12-4-2-1-3-5-12/h12-14,17H,1-11H2/t13?,14-/m1/s1. The molecule has 4 aliphatic rings. The number of ether oxygens (including phenoxy) is 1. The summed E-state index contributed by atoms with van der Waals surface area (Å²) in [6.45, 7) is 1.83. The third-order valence-corrected chi connectivity index (χ3v) is 5.97. The molecule has 1 aliphatic carbocycles. The summed E-state index contributed by atoms with van der Waals surface area (Å²) in [7, 11) is 0. The fraction of sp³-hybridized carbons (Fsp3) is 0.938. The molecule has 0 aromatic rings. The average Bonchev–Trinajstić information content (AvgIpc) is 3.01. The lowest BCUT2D eigenvalue weighted by Gasteiger charge is -2.35. The highest BCUT2D eigenvalue weighted by molar-refractivity contribution is 5.88. The van der Waals surface area contributed by atoms with Gasteiger partial charge >= 0.3 is 0 Å². The second kappa shape index (κ2) is 4.99. The zero-order valence-corrected chi connectivity index (χ0v) is 12.3. The van der Waals surface area contributed by atoms with E-state index in [1.165, 1.54) is 32.1 Å². The first-order valence-corrected chi connectivity index (χ1v) is 8.51. The van der Waals surface area contributed by atoms with Crippen LogP contribution in [-0.2, 0) is 9.53 Å². The first-order valence-electron chi connectivity index (χ1n) is 8.51. The van der Waals surface area contributed by atoms with Crippen molar-refractivity contribution in [1.82, 2.24) is 10.2 Å². The molecule has 4 heteroatoms. The minimum absolute atomic E-state index is 0.0903. The molecule has 4 rings (SSSR count). The smallest absolute Gasteiger partial charge is 0.257 e. The van der Waals surface area contributed by atoms with Gasteiger partial charge in [-0.05, 0) is 57.5 Å². The summed E-state index contributed by atoms with van der Waals surface area (Å²) in [5.41, 5.74) is -0.469. The zero-order valence-electron chi connectivity index (χ0n) is 12.3. The van der Waals surface area contributed by atoms with Crippen molar-refractivity contribution in [2.24, 2.45) is 5.92 Å². The molecule has 2 atom stereocenters. The van der Waals surface area contributed by atoms with E-state index in [0.717, 1.165) is 44.7 Å². The summed E-state index contributed by atoms with van der Waals surface area (Å²) in [5, 5.41) is 3.35. The van der Waals surface area contributed by atoms with Crippen LogP contribution < -0.4 is 5.32 Å². The van der Waals surface area contributed by atoms with Crippen LogP contribution in [-0.4, -0.2) is 41.8 Å². The molecule has 1 spiro atoms. The van der Waals surface area contributed by atoms with Crippen molar-refractivity contribution in [2.75, 3.05) is 13.1 Å². The zero-order chi connectivity index (χ0) is 13.6. The summed E-state index contributed by atoms with van der Waals surface area (Å²) in [5.74, 6) is 1.05. The molecule has 20 heavy (non-hydrogen) atoms. The van der Waals surface area contributed by atoms with Gasteiger partial charge in [-0.25, -0.2) is 0 Å². The second-order valence-electron chi connectivity index (χ2n) is 7.07. The van der Waals surface area contributed by atoms with Crippen molar-refractivity contribution < 1.29 is 9.53 Å². The second-order valence-corrected chi connectivity index (χ2v) is 7.07. The van der Waals surface area contributed by atoms with E-state index in [1.807, 2.05) is 0 Å². The normalized spacial score (nSPS) is 37.6. The van der Waals surface area contributed by atoms with E-state index in [0.29, 0.717) is 11.9 Å². The highest BCUT2D eigenvalue weighted by atomic mass is 16.6. The highest BCUT2D eigenvalue weighted by Crippen LogP contribution is 2.45. The van der Waals surface area contributed by atoms with Crippen molar-refractivity contribution in [1.29, 1.82) is 0 Å². The van der Waals surface area contributed by atoms with Gasteiger partial charge in [0.1, 0.15) is 6.23 Å². The number of piperidine rings is 1. The van der Waals surface area contributed by atoms with Crippen LogP contribution in [0.3, 0.4) is 0 Å². The summed E-state index contributed by atoms with van der Waals surface area (Å²) in [6, 6.07) is 0.474. The third kappa shape index (κ3) is 1.92. The van der Waals surface area contributed by atoms with Crippen molar-refractivity contribution in [3.8, 4) is 0 Å². The van der Waals surface area contributed by atoms with Crippen LogP contribution in [0.25, 0.3) is 0 Å². The molecule has 0 bridgehead atoms. The summed E-state index contributed by atoms with van der Waals surface area (Å²) in [4.78, 5) is 15.2. The van der Waals surface area contributed by atoms with Gasteiger partial charge in [0.15, 0.2) is 5.60 Å². The lowest BCUT2D eigenvalue weighted by Crippen LogP contribution is -2.51. The van der Waals surface area contributed by atoms with Gasteiger partial charge in [-0.2, -0.15) is 0 Å². The van der Waals surface area contributed by atoms with Crippen molar-refractivity contribution in [3.63, 3.8) is 0 Å². The Hall–Kier alpha value is -0.610. The molecule has 4 fully saturated rings. The number of carbonyl (C=O) groups is 1. The first-order chi connectivity index (χ1) is 9.80. The van der Waals surface area contributed by atoms with Crippen LogP contribution in [0.15, 0.2) is 0 Å². The van der Waals surface area contributed by atoms with E-state index in [-0.39, 0.29) is 6.23 Å². The van der Waals surface area contributed by atoms with Crippen molar-refractivity contribution in [3.05, 3.63) is 0 Å². The molecule has 0 aromatic carbocycles. The van der Waals surface area contributed by atoms with Crippen molar-refractivity contribution >= 4 is 5.91 Å². The lowest BCUT2D eigenvalue weighted by atomic mass is 9.82. The number of rotatable bonds is 1. The number of hydrogen-bond acceptors (Lipinski definition) is 3. The minimum atomic E-state index is -0.469. The molecule has 3 heterocycles. The minimum Gasteiger partial charge on any atom is -0.342 e. The van der Waals surface area contributed by atoms with Crippen LogP contribution in [0.1, 0.15) is 57.8 Å². The van der Waals surface area contributed by atoms with E-state index >= 15 is 0 Å². The molecule has 1 unspecified atom stereocenters. The van der Waals surface area contributed by atoms with Crippen molar-refractivity contribution in [2.45, 2.75) is 75.7 Å². The molecule has 1 amide bonds. The highest BCUT2D eigenvalue weighted by Gasteiger charge is 2.57. The van der Waals surface area contributed by atoms with Crippen LogP contribution in [0.2, 0.25) is 0 Å². The maximum atomic E-state index is 13.0. The molecule has 4 nitrogen and oxygen atoms in total. The van der Waals surface area contributed by atoms with E-state index in [4.69, 9.17) is 4.74 Å². The Bertz CT molecular complexity index is 386. The van der Waals surface area contributed by atoms with E-state index in [1.54, 1.807) is 0 Å². The van der Waals surface area contributed by atoms with Gasteiger partial charge in [0.05, 0.1) is 0 Å². The molecule has 3 saturated heterocycles. The summed E-state index contributed by atoms with van der Waals surface area (Å²) >= 11 is 0. The van der Waals surface area contributed by atoms with Gasteiger partial charge in [0.2, 0.25) is 0 Å². The Kier molecular flexibility index (Phi) is 3.26. The first kappa shape index (κ1) is 13.1. The Morgan fingerprint density at radius 3 is 2.55 bits per heavy atom. The number of amides is 1. The Morgan fingerprint density at radius 2 is 1.80 bits per heavy atom. The Morgan fingerprint density at radius 1 is 1.05 bits per heavy atom.